The fraction of sp³-hybridized carbons (Fsp3) is 0.933. The van der Waals surface area contributed by atoms with Crippen molar-refractivity contribution in [3.8, 4) is 0 Å². The van der Waals surface area contributed by atoms with E-state index in [-0.39, 0.29) is 17.4 Å². The zero-order chi connectivity index (χ0) is 12.4. The Balaban J connectivity index is 1.64. The lowest BCUT2D eigenvalue weighted by Crippen LogP contribution is -2.44. The molecule has 3 fully saturated rings. The number of carbonyl (C=O) groups is 1. The Morgan fingerprint density at radius 2 is 1.78 bits per heavy atom. The largest absolute Gasteiger partial charge is 0.381 e. The SMILES string of the molecule is O=C(C1CCOC1)C1CCOC2(CCCCC2)C1. The first-order chi connectivity index (χ1) is 8.79. The fourth-order valence-corrected chi connectivity index (χ4v) is 3.91. The van der Waals surface area contributed by atoms with E-state index in [1.165, 1.54) is 19.3 Å². The summed E-state index contributed by atoms with van der Waals surface area (Å²) < 4.78 is 11.4. The standard InChI is InChI=1S/C15H24O3/c16-14(13-4-8-17-11-13)12-5-9-18-15(10-12)6-2-1-3-7-15/h12-13H,1-11H2. The summed E-state index contributed by atoms with van der Waals surface area (Å²) in [5, 5.41) is 0. The minimum Gasteiger partial charge on any atom is -0.381 e. The molecule has 1 spiro atoms. The maximum atomic E-state index is 12.5. The molecular weight excluding hydrogens is 228 g/mol. The van der Waals surface area contributed by atoms with Gasteiger partial charge in [-0.15, -0.1) is 0 Å². The number of ketones is 1. The van der Waals surface area contributed by atoms with Gasteiger partial charge in [-0.1, -0.05) is 19.3 Å². The Morgan fingerprint density at radius 1 is 1.00 bits per heavy atom. The molecule has 0 aromatic carbocycles. The van der Waals surface area contributed by atoms with E-state index in [1.54, 1.807) is 0 Å². The quantitative estimate of drug-likeness (QED) is 0.758. The van der Waals surface area contributed by atoms with Gasteiger partial charge in [0.2, 0.25) is 0 Å². The van der Waals surface area contributed by atoms with Crippen LogP contribution in [0.15, 0.2) is 0 Å². The molecule has 102 valence electrons. The van der Waals surface area contributed by atoms with Crippen molar-refractivity contribution in [1.82, 2.24) is 0 Å². The van der Waals surface area contributed by atoms with Gasteiger partial charge in [-0.2, -0.15) is 0 Å². The highest BCUT2D eigenvalue weighted by atomic mass is 16.5. The molecule has 0 aromatic rings. The van der Waals surface area contributed by atoms with Gasteiger partial charge < -0.3 is 9.47 Å². The van der Waals surface area contributed by atoms with Gasteiger partial charge in [-0.3, -0.25) is 4.79 Å². The molecule has 3 nitrogen and oxygen atoms in total. The van der Waals surface area contributed by atoms with Crippen LogP contribution in [0.4, 0.5) is 0 Å². The highest BCUT2D eigenvalue weighted by molar-refractivity contribution is 5.84. The Hall–Kier alpha value is -0.410. The van der Waals surface area contributed by atoms with Crippen molar-refractivity contribution in [2.75, 3.05) is 19.8 Å². The predicted octanol–water partition coefficient (Wildman–Crippen LogP) is 2.72. The molecule has 3 rings (SSSR count). The van der Waals surface area contributed by atoms with Crippen LogP contribution in [-0.4, -0.2) is 31.2 Å². The topological polar surface area (TPSA) is 35.5 Å². The maximum absolute atomic E-state index is 12.5. The zero-order valence-corrected chi connectivity index (χ0v) is 11.2. The molecule has 2 unspecified atom stereocenters. The molecule has 1 aliphatic carbocycles. The van der Waals surface area contributed by atoms with Crippen molar-refractivity contribution in [2.24, 2.45) is 11.8 Å². The van der Waals surface area contributed by atoms with Gasteiger partial charge in [0.05, 0.1) is 12.2 Å². The van der Waals surface area contributed by atoms with Gasteiger partial charge in [-0.25, -0.2) is 0 Å². The third-order valence-corrected chi connectivity index (χ3v) is 4.99. The molecule has 1 saturated carbocycles. The van der Waals surface area contributed by atoms with E-state index >= 15 is 0 Å². The number of carbonyl (C=O) groups excluding carboxylic acids is 1. The lowest BCUT2D eigenvalue weighted by molar-refractivity contribution is -0.146. The molecule has 0 radical (unpaired) electrons. The lowest BCUT2D eigenvalue weighted by atomic mass is 9.73. The van der Waals surface area contributed by atoms with Crippen LogP contribution >= 0.6 is 0 Å². The van der Waals surface area contributed by atoms with Gasteiger partial charge >= 0.3 is 0 Å². The van der Waals surface area contributed by atoms with E-state index in [2.05, 4.69) is 0 Å². The smallest absolute Gasteiger partial charge is 0.141 e. The molecule has 0 aromatic heterocycles. The summed E-state index contributed by atoms with van der Waals surface area (Å²) in [7, 11) is 0. The summed E-state index contributed by atoms with van der Waals surface area (Å²) in [6.07, 6.45) is 9.04. The van der Waals surface area contributed by atoms with Crippen LogP contribution in [0.5, 0.6) is 0 Å². The van der Waals surface area contributed by atoms with Crippen LogP contribution in [0.1, 0.15) is 51.4 Å². The molecule has 0 N–H and O–H groups in total. The molecule has 18 heavy (non-hydrogen) atoms. The van der Waals surface area contributed by atoms with Crippen molar-refractivity contribution >= 4 is 5.78 Å². The Morgan fingerprint density at radius 3 is 2.50 bits per heavy atom. The van der Waals surface area contributed by atoms with E-state index in [0.29, 0.717) is 12.4 Å². The molecule has 2 saturated heterocycles. The van der Waals surface area contributed by atoms with Gasteiger partial charge in [0.1, 0.15) is 5.78 Å². The molecule has 2 aliphatic heterocycles. The number of Topliss-reactive ketones (excluding diaryl/α,β-unsaturated/α-hetero) is 1. The maximum Gasteiger partial charge on any atom is 0.141 e. The van der Waals surface area contributed by atoms with Crippen LogP contribution in [-0.2, 0) is 14.3 Å². The number of ether oxygens (including phenoxy) is 2. The van der Waals surface area contributed by atoms with Gasteiger partial charge in [0.25, 0.3) is 0 Å². The molecular formula is C15H24O3. The molecule has 0 amide bonds. The average Bonchev–Trinajstić information content (AvgIpc) is 2.93. The first kappa shape index (κ1) is 12.6. The van der Waals surface area contributed by atoms with Crippen LogP contribution in [0, 0.1) is 11.8 Å². The number of hydrogen-bond donors (Lipinski definition) is 0. The number of rotatable bonds is 2. The van der Waals surface area contributed by atoms with Crippen LogP contribution < -0.4 is 0 Å². The van der Waals surface area contributed by atoms with E-state index in [1.807, 2.05) is 0 Å². The number of hydrogen-bond acceptors (Lipinski definition) is 3. The third kappa shape index (κ3) is 2.48. The highest BCUT2D eigenvalue weighted by Gasteiger charge is 2.42. The molecule has 3 aliphatic rings. The van der Waals surface area contributed by atoms with Crippen LogP contribution in [0.2, 0.25) is 0 Å². The van der Waals surface area contributed by atoms with E-state index in [0.717, 1.165) is 45.3 Å². The summed E-state index contributed by atoms with van der Waals surface area (Å²) in [6.45, 7) is 2.21. The third-order valence-electron chi connectivity index (χ3n) is 4.99. The highest BCUT2D eigenvalue weighted by Crippen LogP contribution is 2.41. The monoisotopic (exact) mass is 252 g/mol. The summed E-state index contributed by atoms with van der Waals surface area (Å²) in [4.78, 5) is 12.5. The van der Waals surface area contributed by atoms with E-state index < -0.39 is 0 Å². The second kappa shape index (κ2) is 5.30. The second-order valence-corrected chi connectivity index (χ2v) is 6.24. The molecule has 2 heterocycles. The van der Waals surface area contributed by atoms with Crippen molar-refractivity contribution in [3.63, 3.8) is 0 Å². The summed E-state index contributed by atoms with van der Waals surface area (Å²) in [5.74, 6) is 0.873. The minimum atomic E-state index is 0.0519. The molecule has 3 heteroatoms. The van der Waals surface area contributed by atoms with Crippen molar-refractivity contribution < 1.29 is 14.3 Å². The Labute approximate surface area is 109 Å². The lowest BCUT2D eigenvalue weighted by Gasteiger charge is -2.43. The summed E-state index contributed by atoms with van der Waals surface area (Å²) in [5.41, 5.74) is 0.0519. The van der Waals surface area contributed by atoms with Gasteiger partial charge in [0.15, 0.2) is 0 Å². The minimum absolute atomic E-state index is 0.0519. The Bertz CT molecular complexity index is 295. The second-order valence-electron chi connectivity index (χ2n) is 6.24. The Kier molecular flexibility index (Phi) is 3.71. The molecule has 2 atom stereocenters. The van der Waals surface area contributed by atoms with E-state index in [9.17, 15) is 4.79 Å². The average molecular weight is 252 g/mol. The fourth-order valence-electron chi connectivity index (χ4n) is 3.91. The van der Waals surface area contributed by atoms with Crippen molar-refractivity contribution in [2.45, 2.75) is 57.0 Å². The van der Waals surface area contributed by atoms with Crippen LogP contribution in [0.3, 0.4) is 0 Å². The zero-order valence-electron chi connectivity index (χ0n) is 11.2. The first-order valence-corrected chi connectivity index (χ1v) is 7.55. The normalized spacial score (nSPS) is 35.8. The summed E-state index contributed by atoms with van der Waals surface area (Å²) in [6, 6.07) is 0. The first-order valence-electron chi connectivity index (χ1n) is 7.55. The van der Waals surface area contributed by atoms with Gasteiger partial charge in [-0.05, 0) is 32.1 Å². The van der Waals surface area contributed by atoms with Crippen molar-refractivity contribution in [1.29, 1.82) is 0 Å². The predicted molar refractivity (Wildman–Crippen MR) is 68.4 cm³/mol. The van der Waals surface area contributed by atoms with E-state index in [4.69, 9.17) is 9.47 Å². The van der Waals surface area contributed by atoms with Gasteiger partial charge in [0, 0.05) is 25.0 Å². The molecule has 0 bridgehead atoms. The van der Waals surface area contributed by atoms with Crippen LogP contribution in [0.25, 0.3) is 0 Å². The van der Waals surface area contributed by atoms with Crippen molar-refractivity contribution in [3.05, 3.63) is 0 Å². The summed E-state index contributed by atoms with van der Waals surface area (Å²) >= 11 is 0.